The summed E-state index contributed by atoms with van der Waals surface area (Å²) < 4.78 is 0. The van der Waals surface area contributed by atoms with Gasteiger partial charge in [-0.05, 0) is 0 Å². The zero-order chi connectivity index (χ0) is 33.5. The third kappa shape index (κ3) is 12.2. The summed E-state index contributed by atoms with van der Waals surface area (Å²) in [6.45, 7) is 0. The van der Waals surface area contributed by atoms with Gasteiger partial charge in [-0.2, -0.15) is 0 Å². The quantitative estimate of drug-likeness (QED) is 0.139. The molecule has 0 aliphatic rings. The first-order valence-corrected chi connectivity index (χ1v) is 14.1. The third-order valence-electron chi connectivity index (χ3n) is 8.39. The smallest absolute Gasteiger partial charge is 0.107 e. The van der Waals surface area contributed by atoms with E-state index in [0.717, 1.165) is 0 Å². The molecule has 0 aliphatic carbocycles. The SMILES string of the molecule is [B]B([B])B(B([B])[B])B(B(B([B])[B])B([B])[B])B(B(B([B])[B])B(B([B])[B])B([B])S)B(B(B([B])[B])B([B])[B])B(B([B])[B])B([B])[B]. The second kappa shape index (κ2) is 20.5. The van der Waals surface area contributed by atoms with E-state index in [1.165, 1.54) is 0 Å². The minimum atomic E-state index is -1.27. The Morgan fingerprint density at radius 1 is 0.190 bits per heavy atom. The van der Waals surface area contributed by atoms with Gasteiger partial charge in [0.25, 0.3) is 0 Å². The third-order valence-corrected chi connectivity index (χ3v) is 8.74. The van der Waals surface area contributed by atoms with Crippen LogP contribution in [0, 0.1) is 0 Å². The summed E-state index contributed by atoms with van der Waals surface area (Å²) in [4.78, 5) is 0. The molecule has 0 unspecified atom stereocenters. The maximum absolute atomic E-state index is 6.48. The van der Waals surface area contributed by atoms with Crippen molar-refractivity contribution in [1.29, 1.82) is 0 Å². The zero-order valence-electron chi connectivity index (χ0n) is 24.1. The molecule has 0 atom stereocenters. The maximum Gasteiger partial charge on any atom is 0.107 e. The van der Waals surface area contributed by atoms with Gasteiger partial charge in [-0.3, -0.25) is 0 Å². The van der Waals surface area contributed by atoms with Gasteiger partial charge in [0, 0.05) is 284 Å². The van der Waals surface area contributed by atoms with Gasteiger partial charge in [0.05, 0.1) is 0 Å². The van der Waals surface area contributed by atoms with Gasteiger partial charge >= 0.3 is 0 Å². The second-order valence-electron chi connectivity index (χ2n) is 11.5. The maximum atomic E-state index is 6.48. The summed E-state index contributed by atoms with van der Waals surface area (Å²) in [5.41, 5.74) is 0. The van der Waals surface area contributed by atoms with Crippen LogP contribution in [0.3, 0.4) is 0 Å². The van der Waals surface area contributed by atoms with E-state index in [9.17, 15) is 0 Å². The van der Waals surface area contributed by atoms with Crippen LogP contribution >= 0.6 is 12.5 Å². The van der Waals surface area contributed by atoms with Crippen molar-refractivity contribution in [3.8, 4) is 0 Å². The molecule has 0 fully saturated rings. The van der Waals surface area contributed by atoms with Gasteiger partial charge in [-0.15, -0.1) is 0 Å². The summed E-state index contributed by atoms with van der Waals surface area (Å²) in [6, 6.07) is 0. The molecule has 42 heavy (non-hydrogen) atoms. The Bertz CT molecular complexity index is 570. The summed E-state index contributed by atoms with van der Waals surface area (Å²) in [5, 5.41) is 0. The molecule has 0 aromatic carbocycles. The Kier molecular flexibility index (Phi) is 22.0. The lowest BCUT2D eigenvalue weighted by Gasteiger charge is -2.54. The normalized spacial score (nSPS) is 9.64. The van der Waals surface area contributed by atoms with Crippen LogP contribution in [0.25, 0.3) is 0 Å². The lowest BCUT2D eigenvalue weighted by molar-refractivity contribution is 3.21. The Labute approximate surface area is 299 Å². The van der Waals surface area contributed by atoms with Crippen LogP contribution in [0.5, 0.6) is 0 Å². The highest BCUT2D eigenvalue weighted by molar-refractivity contribution is 8.37. The van der Waals surface area contributed by atoms with E-state index in [4.69, 9.17) is 162 Å². The lowest BCUT2D eigenvalue weighted by atomic mass is 8.27. The average Bonchev–Trinajstić information content (AvgIpc) is 2.75. The van der Waals surface area contributed by atoms with Crippen LogP contribution in [0.15, 0.2) is 0 Å². The second-order valence-corrected chi connectivity index (χ2v) is 12.1. The topological polar surface area (TPSA) is 0 Å². The molecule has 130 valence electrons. The molecular formula is HB41S. The molecule has 0 aromatic rings. The van der Waals surface area contributed by atoms with E-state index in [2.05, 4.69) is 12.5 Å². The Morgan fingerprint density at radius 3 is 0.452 bits per heavy atom. The monoisotopic (exact) mass is 484 g/mol. The van der Waals surface area contributed by atoms with E-state index in [1.807, 2.05) is 0 Å². The van der Waals surface area contributed by atoms with Crippen LogP contribution in [0.2, 0.25) is 0 Å². The fraction of sp³-hybridized carbons (Fsp3) is 0. The molecule has 42 radical (unpaired) electrons. The molecule has 0 saturated heterocycles. The molecule has 0 heterocycles. The highest BCUT2D eigenvalue weighted by Crippen LogP contribution is 2.20. The first-order chi connectivity index (χ1) is 19.0. The van der Waals surface area contributed by atoms with Crippen molar-refractivity contribution in [3.63, 3.8) is 0 Å². The van der Waals surface area contributed by atoms with Crippen molar-refractivity contribution in [2.24, 2.45) is 0 Å². The van der Waals surface area contributed by atoms with Gasteiger partial charge < -0.3 is 0 Å². The van der Waals surface area contributed by atoms with E-state index in [1.54, 1.807) is 0 Å². The minimum Gasteiger partial charge on any atom is -0.248 e. The molecule has 0 nitrogen and oxygen atoms in total. The Hall–Kier alpha value is 3.01. The van der Waals surface area contributed by atoms with E-state index >= 15 is 0 Å². The largest absolute Gasteiger partial charge is 0.248 e. The molecule has 0 rings (SSSR count). The summed E-state index contributed by atoms with van der Waals surface area (Å²) in [7, 11) is 132. The summed E-state index contributed by atoms with van der Waals surface area (Å²) >= 11 is 4.44. The molecule has 0 N–H and O–H groups in total. The molecular weight excluding hydrogens is 475 g/mol. The fourth-order valence-corrected chi connectivity index (χ4v) is 7.27. The van der Waals surface area contributed by atoms with Crippen LogP contribution in [-0.2, 0) is 0 Å². The van der Waals surface area contributed by atoms with E-state index in [0.29, 0.717) is 0 Å². The first kappa shape index (κ1) is 45.0. The van der Waals surface area contributed by atoms with Crippen LogP contribution in [0.1, 0.15) is 0 Å². The van der Waals surface area contributed by atoms with Crippen molar-refractivity contribution in [2.45, 2.75) is 0 Å². The van der Waals surface area contributed by atoms with Crippen molar-refractivity contribution < 1.29 is 0 Å². The van der Waals surface area contributed by atoms with Gasteiger partial charge in [-0.25, -0.2) is 12.5 Å². The molecule has 0 amide bonds. The fourth-order valence-electron chi connectivity index (χ4n) is 6.87. The number of hydrogen-bond acceptors (Lipinski definition) is 1. The van der Waals surface area contributed by atoms with Crippen LogP contribution in [0.4, 0.5) is 0 Å². The van der Waals surface area contributed by atoms with Gasteiger partial charge in [0.15, 0.2) is 0 Å². The molecule has 0 bridgehead atoms. The minimum absolute atomic E-state index is 0.970. The standard InChI is InChI=1S/B41HS/c1-22(2)33(23(3)4)39(34(24(5)6)25(7)8)41(38(31(19)20)37(30(17)18)32(21)42)40(35(26(9)10)27(11)12)36(28(13)14)29(15)16/h42H. The predicted molar refractivity (Wildman–Crippen MR) is 245 cm³/mol. The Balaban J connectivity index is 8.59. The first-order valence-electron chi connectivity index (χ1n) is 13.6. The number of hydrogen-bond donors (Lipinski definition) is 1. The predicted octanol–water partition coefficient (Wildman–Crippen LogP) is -15.2. The number of rotatable bonds is 19. The van der Waals surface area contributed by atoms with Crippen molar-refractivity contribution in [3.05, 3.63) is 0 Å². The molecule has 0 aromatic heterocycles. The molecule has 0 saturated carbocycles. The van der Waals surface area contributed by atoms with Gasteiger partial charge in [-0.1, -0.05) is 0 Å². The van der Waals surface area contributed by atoms with Gasteiger partial charge in [0.1, 0.15) is 5.77 Å². The Morgan fingerprint density at radius 2 is 0.333 bits per heavy atom. The van der Waals surface area contributed by atoms with E-state index in [-0.39, 0.29) is 0 Å². The molecule has 0 spiro atoms. The zero-order valence-corrected chi connectivity index (χ0v) is 25.0. The van der Waals surface area contributed by atoms with Crippen LogP contribution in [-0.4, -0.2) is 290 Å². The highest BCUT2D eigenvalue weighted by atomic mass is 32.1. The molecule has 42 heteroatoms. The van der Waals surface area contributed by atoms with Crippen LogP contribution < -0.4 is 0 Å². The van der Waals surface area contributed by atoms with Crippen molar-refractivity contribution in [1.82, 2.24) is 0 Å². The summed E-state index contributed by atoms with van der Waals surface area (Å²) in [6.07, 6.45) is -21.8. The van der Waals surface area contributed by atoms with Crippen molar-refractivity contribution in [2.75, 3.05) is 0 Å². The van der Waals surface area contributed by atoms with E-state index < -0.39 is 127 Å². The number of thiol groups is 1. The van der Waals surface area contributed by atoms with Gasteiger partial charge in [0.2, 0.25) is 0 Å². The highest BCUT2D eigenvalue weighted by Gasteiger charge is 2.57. The summed E-state index contributed by atoms with van der Waals surface area (Å²) in [5.74, 6) is -1.02. The van der Waals surface area contributed by atoms with Crippen molar-refractivity contribution >= 4 is 302 Å². The lowest BCUT2D eigenvalue weighted by Crippen LogP contribution is -2.93. The average molecular weight is 476 g/mol. The molecule has 0 aliphatic heterocycles.